The minimum absolute atomic E-state index is 0.0349. The molecule has 0 fully saturated rings. The molecule has 0 amide bonds. The van der Waals surface area contributed by atoms with Gasteiger partial charge in [0.05, 0.1) is 10.0 Å². The minimum atomic E-state index is -4.99. The van der Waals surface area contributed by atoms with Crippen molar-refractivity contribution < 1.29 is 23.0 Å². The molecule has 0 unspecified atom stereocenters. The second-order valence-corrected chi connectivity index (χ2v) is 5.98. The van der Waals surface area contributed by atoms with Crippen LogP contribution in [0.4, 0.5) is 13.2 Å². The molecule has 3 rings (SSSR count). The molecule has 0 atom stereocenters. The Hall–Kier alpha value is -2.78. The van der Waals surface area contributed by atoms with Crippen molar-refractivity contribution in [2.45, 2.75) is 6.18 Å². The van der Waals surface area contributed by atoms with Crippen molar-refractivity contribution in [1.29, 1.82) is 0 Å². The van der Waals surface area contributed by atoms with E-state index in [1.165, 1.54) is 18.2 Å². The first-order valence-electron chi connectivity index (χ1n) is 7.15. The molecule has 0 radical (unpaired) electrons. The first kappa shape index (κ1) is 19.0. The van der Waals surface area contributed by atoms with E-state index in [-0.39, 0.29) is 27.2 Å². The smallest absolute Gasteiger partial charge is 0.437 e. The summed E-state index contributed by atoms with van der Waals surface area (Å²) in [4.78, 5) is 21.6. The summed E-state index contributed by atoms with van der Waals surface area (Å²) in [5.41, 5.74) is -2.90. The third-order valence-electron chi connectivity index (χ3n) is 3.24. The molecular weight excluding hydrogens is 410 g/mol. The van der Waals surface area contributed by atoms with Gasteiger partial charge in [0.1, 0.15) is 17.2 Å². The summed E-state index contributed by atoms with van der Waals surface area (Å²) in [5.74, 6) is -1.94. The van der Waals surface area contributed by atoms with Crippen LogP contribution in [0.3, 0.4) is 0 Å². The summed E-state index contributed by atoms with van der Waals surface area (Å²) in [6.07, 6.45) is -3.84. The lowest BCUT2D eigenvalue weighted by molar-refractivity contribution is -0.142. The molecule has 0 aliphatic rings. The Kier molecular flexibility index (Phi) is 4.99. The summed E-state index contributed by atoms with van der Waals surface area (Å²) in [6, 6.07) is 5.98. The molecule has 1 aromatic carbocycles. The van der Waals surface area contributed by atoms with E-state index in [4.69, 9.17) is 27.9 Å². The number of aromatic hydroxyl groups is 1. The number of rotatable bonds is 3. The summed E-state index contributed by atoms with van der Waals surface area (Å²) in [7, 11) is 0. The van der Waals surface area contributed by atoms with E-state index in [9.17, 15) is 23.1 Å². The predicted molar refractivity (Wildman–Crippen MR) is 91.3 cm³/mol. The molecule has 3 aromatic rings. The van der Waals surface area contributed by atoms with E-state index in [2.05, 4.69) is 15.0 Å². The van der Waals surface area contributed by atoms with Crippen molar-refractivity contribution >= 4 is 23.2 Å². The molecule has 2 heterocycles. The maximum Gasteiger partial charge on any atom is 0.437 e. The van der Waals surface area contributed by atoms with Crippen LogP contribution in [-0.4, -0.2) is 20.1 Å². The zero-order valence-electron chi connectivity index (χ0n) is 13.0. The van der Waals surface area contributed by atoms with Crippen molar-refractivity contribution in [3.05, 3.63) is 62.6 Å². The Labute approximate surface area is 159 Å². The number of benzene rings is 1. The molecule has 27 heavy (non-hydrogen) atoms. The number of aromatic amines is 1. The van der Waals surface area contributed by atoms with Crippen LogP contribution in [0.15, 0.2) is 41.3 Å². The van der Waals surface area contributed by atoms with E-state index < -0.39 is 29.0 Å². The second kappa shape index (κ2) is 7.09. The Morgan fingerprint density at radius 3 is 2.48 bits per heavy atom. The van der Waals surface area contributed by atoms with E-state index in [0.717, 1.165) is 18.3 Å². The van der Waals surface area contributed by atoms with Crippen molar-refractivity contribution in [1.82, 2.24) is 15.0 Å². The first-order valence-corrected chi connectivity index (χ1v) is 7.90. The predicted octanol–water partition coefficient (Wildman–Crippen LogP) is 4.66. The molecule has 0 spiro atoms. The van der Waals surface area contributed by atoms with E-state index in [1.807, 2.05) is 0 Å². The monoisotopic (exact) mass is 417 g/mol. The van der Waals surface area contributed by atoms with Crippen LogP contribution >= 0.6 is 23.2 Å². The molecule has 2 aromatic heterocycles. The lowest BCUT2D eigenvalue weighted by atomic mass is 10.3. The quantitative estimate of drug-likeness (QED) is 0.647. The van der Waals surface area contributed by atoms with E-state index in [0.29, 0.717) is 0 Å². The lowest BCUT2D eigenvalue weighted by Crippen LogP contribution is -2.21. The molecule has 140 valence electrons. The van der Waals surface area contributed by atoms with Crippen LogP contribution in [-0.2, 0) is 6.18 Å². The van der Waals surface area contributed by atoms with Gasteiger partial charge in [-0.2, -0.15) is 13.2 Å². The molecule has 6 nitrogen and oxygen atoms in total. The molecule has 11 heteroatoms. The molecule has 0 saturated heterocycles. The van der Waals surface area contributed by atoms with Gasteiger partial charge in [-0.15, -0.1) is 0 Å². The number of hydrogen-bond donors (Lipinski definition) is 2. The average Bonchev–Trinajstić information content (AvgIpc) is 2.58. The normalized spacial score (nSPS) is 11.4. The number of pyridine rings is 1. The fourth-order valence-corrected chi connectivity index (χ4v) is 2.37. The number of ether oxygens (including phenoxy) is 1. The topological polar surface area (TPSA) is 88.1 Å². The van der Waals surface area contributed by atoms with Gasteiger partial charge >= 0.3 is 6.18 Å². The van der Waals surface area contributed by atoms with Crippen LogP contribution in [0.1, 0.15) is 5.69 Å². The Bertz CT molecular complexity index is 1070. The second-order valence-electron chi connectivity index (χ2n) is 5.17. The summed E-state index contributed by atoms with van der Waals surface area (Å²) >= 11 is 11.5. The molecular formula is C16H8Cl2F3N3O3. The van der Waals surface area contributed by atoms with Crippen LogP contribution in [0.5, 0.6) is 17.2 Å². The average molecular weight is 418 g/mol. The number of nitrogens with one attached hydrogen (secondary N) is 1. The molecule has 0 aliphatic heterocycles. The summed E-state index contributed by atoms with van der Waals surface area (Å²) in [5, 5.41) is 9.64. The third-order valence-corrected chi connectivity index (χ3v) is 3.98. The van der Waals surface area contributed by atoms with Gasteiger partial charge in [-0.3, -0.25) is 9.78 Å². The van der Waals surface area contributed by atoms with E-state index in [1.54, 1.807) is 0 Å². The van der Waals surface area contributed by atoms with Gasteiger partial charge in [-0.05, 0) is 18.2 Å². The van der Waals surface area contributed by atoms with E-state index >= 15 is 0 Å². The SMILES string of the molecule is O=c1[nH]c(-c2cc(O)ccn2)nc(C(F)(F)F)c1Oc1ccc(Cl)c(Cl)c1. The summed E-state index contributed by atoms with van der Waals surface area (Å²) < 4.78 is 45.4. The highest BCUT2D eigenvalue weighted by Crippen LogP contribution is 2.36. The number of halogens is 5. The number of H-pyrrole nitrogens is 1. The number of hydrogen-bond acceptors (Lipinski definition) is 5. The Balaban J connectivity index is 2.13. The van der Waals surface area contributed by atoms with Crippen molar-refractivity contribution in [3.8, 4) is 28.8 Å². The molecule has 0 aliphatic carbocycles. The number of nitrogens with zero attached hydrogens (tertiary/aromatic N) is 2. The third kappa shape index (κ3) is 4.15. The fourth-order valence-electron chi connectivity index (χ4n) is 2.08. The van der Waals surface area contributed by atoms with Crippen LogP contribution in [0, 0.1) is 0 Å². The molecule has 2 N–H and O–H groups in total. The zero-order chi connectivity index (χ0) is 19.8. The first-order chi connectivity index (χ1) is 12.6. The van der Waals surface area contributed by atoms with Gasteiger partial charge in [0, 0.05) is 18.3 Å². The number of aromatic nitrogens is 3. The van der Waals surface area contributed by atoms with Gasteiger partial charge in [0.2, 0.25) is 5.75 Å². The highest BCUT2D eigenvalue weighted by atomic mass is 35.5. The lowest BCUT2D eigenvalue weighted by Gasteiger charge is -2.13. The maximum absolute atomic E-state index is 13.4. The van der Waals surface area contributed by atoms with Gasteiger partial charge in [-0.1, -0.05) is 23.2 Å². The molecule has 0 bridgehead atoms. The zero-order valence-corrected chi connectivity index (χ0v) is 14.5. The Morgan fingerprint density at radius 1 is 1.11 bits per heavy atom. The van der Waals surface area contributed by atoms with Gasteiger partial charge in [0.15, 0.2) is 11.5 Å². The van der Waals surface area contributed by atoms with Gasteiger partial charge in [0.25, 0.3) is 5.56 Å². The van der Waals surface area contributed by atoms with Crippen LogP contribution in [0.25, 0.3) is 11.5 Å². The highest BCUT2D eigenvalue weighted by molar-refractivity contribution is 6.42. The maximum atomic E-state index is 13.4. The Morgan fingerprint density at radius 2 is 1.85 bits per heavy atom. The summed E-state index contributed by atoms with van der Waals surface area (Å²) in [6.45, 7) is 0. The van der Waals surface area contributed by atoms with Crippen molar-refractivity contribution in [2.75, 3.05) is 0 Å². The minimum Gasteiger partial charge on any atom is -0.508 e. The van der Waals surface area contributed by atoms with Crippen LogP contribution < -0.4 is 10.3 Å². The van der Waals surface area contributed by atoms with Gasteiger partial charge in [-0.25, -0.2) is 4.98 Å². The van der Waals surface area contributed by atoms with Crippen molar-refractivity contribution in [3.63, 3.8) is 0 Å². The largest absolute Gasteiger partial charge is 0.508 e. The standard InChI is InChI=1S/C16H8Cl2F3N3O3/c17-9-2-1-8(6-10(9)18)27-12-13(16(19,20)21)23-14(24-15(12)26)11-5-7(25)3-4-22-11/h1-6H,(H,22,25)(H,23,24,26). The number of alkyl halides is 3. The van der Waals surface area contributed by atoms with Gasteiger partial charge < -0.3 is 14.8 Å². The van der Waals surface area contributed by atoms with Crippen LogP contribution in [0.2, 0.25) is 10.0 Å². The highest BCUT2D eigenvalue weighted by Gasteiger charge is 2.39. The molecule has 0 saturated carbocycles. The fraction of sp³-hybridized carbons (Fsp3) is 0.0625. The van der Waals surface area contributed by atoms with Crippen molar-refractivity contribution in [2.24, 2.45) is 0 Å².